The average molecular weight is 326 g/mol. The predicted molar refractivity (Wildman–Crippen MR) is 82.5 cm³/mol. The van der Waals surface area contributed by atoms with Crippen molar-refractivity contribution in [3.63, 3.8) is 0 Å². The molecule has 1 aromatic heterocycles. The van der Waals surface area contributed by atoms with Gasteiger partial charge >= 0.3 is 6.03 Å². The van der Waals surface area contributed by atoms with Crippen LogP contribution >= 0.6 is 11.8 Å². The van der Waals surface area contributed by atoms with Gasteiger partial charge in [-0.1, -0.05) is 24.6 Å². The smallest absolute Gasteiger partial charge is 0.321 e. The number of carbonyl (C=O) groups is 2. The molecular weight excluding hydrogens is 304 g/mol. The average Bonchev–Trinajstić information content (AvgIpc) is 3.09. The van der Waals surface area contributed by atoms with Crippen LogP contribution in [0.3, 0.4) is 0 Å². The number of imide groups is 1. The lowest BCUT2D eigenvalue weighted by Gasteiger charge is -2.15. The second kappa shape index (κ2) is 7.57. The number of hydrogen-bond acceptors (Lipinski definition) is 6. The molecule has 1 saturated carbocycles. The van der Waals surface area contributed by atoms with Gasteiger partial charge in [-0.25, -0.2) is 9.48 Å². The van der Waals surface area contributed by atoms with Crippen molar-refractivity contribution >= 4 is 23.7 Å². The minimum atomic E-state index is -0.460. The van der Waals surface area contributed by atoms with Crippen LogP contribution in [-0.2, 0) is 4.79 Å². The summed E-state index contributed by atoms with van der Waals surface area (Å²) in [7, 11) is 0. The third kappa shape index (κ3) is 4.43. The highest BCUT2D eigenvalue weighted by molar-refractivity contribution is 8.00. The van der Waals surface area contributed by atoms with E-state index in [-0.39, 0.29) is 18.0 Å². The van der Waals surface area contributed by atoms with E-state index in [1.807, 2.05) is 13.8 Å². The van der Waals surface area contributed by atoms with Crippen LogP contribution in [0.1, 0.15) is 52.5 Å². The number of thioether (sulfide) groups is 1. The highest BCUT2D eigenvalue weighted by Gasteiger charge is 2.23. The topological polar surface area (TPSA) is 102 Å². The molecule has 0 aliphatic heterocycles. The van der Waals surface area contributed by atoms with Crippen molar-refractivity contribution < 1.29 is 9.59 Å². The zero-order chi connectivity index (χ0) is 16.1. The minimum absolute atomic E-state index is 0.110. The Kier molecular flexibility index (Phi) is 5.76. The normalized spacial score (nSPS) is 16.7. The fourth-order valence-electron chi connectivity index (χ4n) is 2.30. The number of tetrazole rings is 1. The molecule has 1 fully saturated rings. The maximum absolute atomic E-state index is 12.1. The van der Waals surface area contributed by atoms with Crippen LogP contribution in [-0.4, -0.2) is 43.4 Å². The second-order valence-electron chi connectivity index (χ2n) is 5.70. The monoisotopic (exact) mass is 326 g/mol. The molecule has 9 heteroatoms. The Morgan fingerprint density at radius 3 is 2.59 bits per heavy atom. The van der Waals surface area contributed by atoms with Crippen molar-refractivity contribution in [3.8, 4) is 0 Å². The number of nitrogens with one attached hydrogen (secondary N) is 2. The van der Waals surface area contributed by atoms with Crippen molar-refractivity contribution in [1.29, 1.82) is 0 Å². The Morgan fingerprint density at radius 2 is 1.95 bits per heavy atom. The first-order chi connectivity index (χ1) is 10.5. The summed E-state index contributed by atoms with van der Waals surface area (Å²) in [5, 5.41) is 16.7. The Labute approximate surface area is 133 Å². The first-order valence-electron chi connectivity index (χ1n) is 7.53. The third-order valence-corrected chi connectivity index (χ3v) is 4.58. The lowest BCUT2D eigenvalue weighted by Crippen LogP contribution is -2.46. The quantitative estimate of drug-likeness (QED) is 0.795. The molecule has 2 rings (SSSR count). The molecule has 1 aromatic rings. The van der Waals surface area contributed by atoms with Gasteiger partial charge in [0.15, 0.2) is 0 Å². The van der Waals surface area contributed by atoms with Gasteiger partial charge in [0.05, 0.1) is 11.3 Å². The van der Waals surface area contributed by atoms with Crippen molar-refractivity contribution in [2.24, 2.45) is 0 Å². The van der Waals surface area contributed by atoms with Crippen LogP contribution in [0.4, 0.5) is 4.79 Å². The van der Waals surface area contributed by atoms with E-state index in [9.17, 15) is 9.59 Å². The summed E-state index contributed by atoms with van der Waals surface area (Å²) in [6, 6.07) is -0.129. The van der Waals surface area contributed by atoms with E-state index in [1.165, 1.54) is 11.8 Å². The zero-order valence-corrected chi connectivity index (χ0v) is 13.9. The Bertz CT molecular complexity index is 526. The van der Waals surface area contributed by atoms with E-state index >= 15 is 0 Å². The maximum atomic E-state index is 12.1. The molecule has 0 radical (unpaired) electrons. The fourth-order valence-corrected chi connectivity index (χ4v) is 3.23. The van der Waals surface area contributed by atoms with Crippen LogP contribution in [0.2, 0.25) is 0 Å². The fraction of sp³-hybridized carbons (Fsp3) is 0.769. The van der Waals surface area contributed by atoms with Gasteiger partial charge in [-0.05, 0) is 44.0 Å². The van der Waals surface area contributed by atoms with E-state index < -0.39 is 11.3 Å². The molecule has 0 unspecified atom stereocenters. The highest BCUT2D eigenvalue weighted by atomic mass is 32.2. The predicted octanol–water partition coefficient (Wildman–Crippen LogP) is 1.50. The summed E-state index contributed by atoms with van der Waals surface area (Å²) in [5.74, 6) is -0.348. The molecule has 0 aromatic carbocycles. The SMILES string of the molecule is CC(C)n1nnnc1S[C@H](C)C(=O)NC(=O)NC1CCCC1. The van der Waals surface area contributed by atoms with Gasteiger partial charge in [-0.15, -0.1) is 5.10 Å². The van der Waals surface area contributed by atoms with Crippen molar-refractivity contribution in [2.45, 2.75) is 68.9 Å². The number of amides is 3. The van der Waals surface area contributed by atoms with Crippen molar-refractivity contribution in [1.82, 2.24) is 30.8 Å². The summed E-state index contributed by atoms with van der Waals surface area (Å²) < 4.78 is 1.65. The van der Waals surface area contributed by atoms with Crippen molar-refractivity contribution in [3.05, 3.63) is 0 Å². The number of carbonyl (C=O) groups excluding carboxylic acids is 2. The minimum Gasteiger partial charge on any atom is -0.335 e. The summed E-state index contributed by atoms with van der Waals surface area (Å²) in [6.45, 7) is 5.64. The highest BCUT2D eigenvalue weighted by Crippen LogP contribution is 2.22. The molecule has 22 heavy (non-hydrogen) atoms. The number of urea groups is 1. The molecule has 8 nitrogen and oxygen atoms in total. The molecule has 1 heterocycles. The number of rotatable bonds is 5. The first-order valence-corrected chi connectivity index (χ1v) is 8.41. The Balaban J connectivity index is 1.83. The van der Waals surface area contributed by atoms with Gasteiger partial charge < -0.3 is 5.32 Å². The molecule has 2 N–H and O–H groups in total. The summed E-state index contributed by atoms with van der Waals surface area (Å²) >= 11 is 1.23. The third-order valence-electron chi connectivity index (χ3n) is 3.53. The van der Waals surface area contributed by atoms with Gasteiger partial charge in [-0.2, -0.15) is 0 Å². The van der Waals surface area contributed by atoms with Gasteiger partial charge in [0.25, 0.3) is 0 Å². The van der Waals surface area contributed by atoms with E-state index in [0.29, 0.717) is 5.16 Å². The van der Waals surface area contributed by atoms with Crippen LogP contribution < -0.4 is 10.6 Å². The first kappa shape index (κ1) is 16.7. The Morgan fingerprint density at radius 1 is 1.27 bits per heavy atom. The molecule has 0 bridgehead atoms. The standard InChI is InChI=1S/C13H22N6O2S/c1-8(2)19-13(16-17-18-19)22-9(3)11(20)15-12(21)14-10-6-4-5-7-10/h8-10H,4-7H2,1-3H3,(H2,14,15,20,21)/t9-/m1/s1. The maximum Gasteiger partial charge on any atom is 0.321 e. The van der Waals surface area contributed by atoms with Crippen LogP contribution in [0.5, 0.6) is 0 Å². The van der Waals surface area contributed by atoms with Crippen LogP contribution in [0.25, 0.3) is 0 Å². The van der Waals surface area contributed by atoms with Crippen LogP contribution in [0.15, 0.2) is 5.16 Å². The molecule has 3 amide bonds. The molecule has 122 valence electrons. The number of nitrogens with zero attached hydrogens (tertiary/aromatic N) is 4. The van der Waals surface area contributed by atoms with E-state index in [2.05, 4.69) is 26.2 Å². The number of hydrogen-bond donors (Lipinski definition) is 2. The molecule has 0 spiro atoms. The Hall–Kier alpha value is -1.64. The van der Waals surface area contributed by atoms with Crippen LogP contribution in [0, 0.1) is 0 Å². The van der Waals surface area contributed by atoms with Gasteiger partial charge in [-0.3, -0.25) is 10.1 Å². The van der Waals surface area contributed by atoms with E-state index in [4.69, 9.17) is 0 Å². The molecular formula is C13H22N6O2S. The van der Waals surface area contributed by atoms with Gasteiger partial charge in [0.2, 0.25) is 11.1 Å². The number of aromatic nitrogens is 4. The second-order valence-corrected chi connectivity index (χ2v) is 7.01. The largest absolute Gasteiger partial charge is 0.335 e. The molecule has 0 saturated heterocycles. The lowest BCUT2D eigenvalue weighted by atomic mass is 10.2. The lowest BCUT2D eigenvalue weighted by molar-refractivity contribution is -0.119. The summed E-state index contributed by atoms with van der Waals surface area (Å²) in [6.07, 6.45) is 4.22. The van der Waals surface area contributed by atoms with Gasteiger partial charge in [0, 0.05) is 6.04 Å². The molecule has 1 aliphatic rings. The molecule has 1 atom stereocenters. The van der Waals surface area contributed by atoms with E-state index in [0.717, 1.165) is 25.7 Å². The molecule has 1 aliphatic carbocycles. The summed E-state index contributed by atoms with van der Waals surface area (Å²) in [4.78, 5) is 23.9. The summed E-state index contributed by atoms with van der Waals surface area (Å²) in [5.41, 5.74) is 0. The van der Waals surface area contributed by atoms with Gasteiger partial charge in [0.1, 0.15) is 0 Å². The van der Waals surface area contributed by atoms with Crippen molar-refractivity contribution in [2.75, 3.05) is 0 Å². The van der Waals surface area contributed by atoms with E-state index in [1.54, 1.807) is 11.6 Å². The zero-order valence-electron chi connectivity index (χ0n) is 13.1.